The van der Waals surface area contributed by atoms with Crippen molar-refractivity contribution in [1.82, 2.24) is 0 Å². The third kappa shape index (κ3) is 9.39. The molecule has 1 saturated carbocycles. The lowest BCUT2D eigenvalue weighted by atomic mass is 9.88. The van der Waals surface area contributed by atoms with Crippen LogP contribution in [0.4, 0.5) is 0 Å². The lowest BCUT2D eigenvalue weighted by Gasteiger charge is -2.27. The summed E-state index contributed by atoms with van der Waals surface area (Å²) in [6.07, 6.45) is 12.7. The fourth-order valence-electron chi connectivity index (χ4n) is 3.89. The molecule has 29 heavy (non-hydrogen) atoms. The van der Waals surface area contributed by atoms with Gasteiger partial charge in [0.2, 0.25) is 0 Å². The van der Waals surface area contributed by atoms with E-state index < -0.39 is 5.54 Å². The molecule has 1 aliphatic carbocycles. The maximum Gasteiger partial charge on any atom is 0.161 e. The topological polar surface area (TPSA) is 64.7 Å². The Morgan fingerprint density at radius 1 is 1.10 bits per heavy atom. The Hall–Kier alpha value is -1.26. The van der Waals surface area contributed by atoms with Gasteiger partial charge in [-0.05, 0) is 55.2 Å². The molecule has 4 heteroatoms. The Bertz CT molecular complexity index is 585. The van der Waals surface area contributed by atoms with Crippen LogP contribution in [-0.4, -0.2) is 31.0 Å². The van der Waals surface area contributed by atoms with Crippen molar-refractivity contribution in [3.63, 3.8) is 0 Å². The highest BCUT2D eigenvalue weighted by molar-refractivity contribution is 5.43. The van der Waals surface area contributed by atoms with Gasteiger partial charge < -0.3 is 20.3 Å². The van der Waals surface area contributed by atoms with Crippen molar-refractivity contribution in [3.8, 4) is 11.5 Å². The summed E-state index contributed by atoms with van der Waals surface area (Å²) in [7, 11) is 1.69. The molecule has 1 atom stereocenters. The minimum atomic E-state index is -0.460. The average molecular weight is 406 g/mol. The third-order valence-corrected chi connectivity index (χ3v) is 6.03. The highest BCUT2D eigenvalue weighted by Crippen LogP contribution is 2.37. The minimum absolute atomic E-state index is 0.0549. The second kappa shape index (κ2) is 12.4. The van der Waals surface area contributed by atoms with Gasteiger partial charge in [-0.25, -0.2) is 0 Å². The number of aliphatic hydroxyl groups is 1. The zero-order chi connectivity index (χ0) is 21.1. The first-order valence-electron chi connectivity index (χ1n) is 11.7. The van der Waals surface area contributed by atoms with Crippen LogP contribution in [0.5, 0.6) is 11.5 Å². The van der Waals surface area contributed by atoms with Crippen molar-refractivity contribution in [2.75, 3.05) is 20.3 Å². The number of rotatable bonds is 16. The van der Waals surface area contributed by atoms with Gasteiger partial charge in [-0.2, -0.15) is 0 Å². The number of aryl methyl sites for hydroxylation is 1. The number of unbranched alkanes of at least 4 members (excludes halogenated alkanes) is 4. The lowest BCUT2D eigenvalue weighted by Crippen LogP contribution is -2.44. The van der Waals surface area contributed by atoms with Gasteiger partial charge >= 0.3 is 0 Å². The van der Waals surface area contributed by atoms with Crippen LogP contribution in [0.3, 0.4) is 0 Å². The molecule has 3 N–H and O–H groups in total. The maximum absolute atomic E-state index is 9.73. The van der Waals surface area contributed by atoms with Crippen LogP contribution in [0.1, 0.15) is 83.6 Å². The molecule has 0 saturated heterocycles. The molecule has 0 aromatic heterocycles. The molecule has 1 aromatic carbocycles. The van der Waals surface area contributed by atoms with Crippen LogP contribution in [0.15, 0.2) is 18.2 Å². The van der Waals surface area contributed by atoms with E-state index in [1.807, 2.05) is 6.07 Å². The second-order valence-electron chi connectivity index (χ2n) is 9.45. The largest absolute Gasteiger partial charge is 0.493 e. The number of aliphatic hydroxyl groups excluding tert-OH is 1. The zero-order valence-corrected chi connectivity index (χ0v) is 18.9. The van der Waals surface area contributed by atoms with E-state index in [2.05, 4.69) is 26.0 Å². The van der Waals surface area contributed by atoms with E-state index in [9.17, 15) is 5.11 Å². The normalized spacial score (nSPS) is 16.1. The van der Waals surface area contributed by atoms with Crippen molar-refractivity contribution < 1.29 is 14.6 Å². The summed E-state index contributed by atoms with van der Waals surface area (Å²) in [5.41, 5.74) is 7.14. The van der Waals surface area contributed by atoms with E-state index in [0.29, 0.717) is 5.92 Å². The quantitative estimate of drug-likeness (QED) is 0.357. The van der Waals surface area contributed by atoms with Crippen molar-refractivity contribution in [1.29, 1.82) is 0 Å². The second-order valence-corrected chi connectivity index (χ2v) is 9.45. The Kier molecular flexibility index (Phi) is 10.3. The number of nitrogens with two attached hydrogens (primary N) is 1. The monoisotopic (exact) mass is 405 g/mol. The predicted molar refractivity (Wildman–Crippen MR) is 121 cm³/mol. The van der Waals surface area contributed by atoms with Crippen molar-refractivity contribution in [2.45, 2.75) is 90.0 Å². The van der Waals surface area contributed by atoms with E-state index in [-0.39, 0.29) is 6.61 Å². The Labute approximate surface area is 178 Å². The molecule has 1 aliphatic rings. The van der Waals surface area contributed by atoms with Gasteiger partial charge in [-0.15, -0.1) is 0 Å². The van der Waals surface area contributed by atoms with Crippen LogP contribution >= 0.6 is 0 Å². The molecular formula is C25H43NO3. The molecule has 1 aromatic rings. The van der Waals surface area contributed by atoms with Gasteiger partial charge in [0.05, 0.1) is 20.3 Å². The van der Waals surface area contributed by atoms with Crippen molar-refractivity contribution in [3.05, 3.63) is 23.8 Å². The van der Waals surface area contributed by atoms with Crippen LogP contribution in [0.25, 0.3) is 0 Å². The van der Waals surface area contributed by atoms with Crippen LogP contribution in [0.2, 0.25) is 0 Å². The van der Waals surface area contributed by atoms with Crippen LogP contribution in [-0.2, 0) is 6.42 Å². The van der Waals surface area contributed by atoms with Gasteiger partial charge in [-0.1, -0.05) is 64.9 Å². The zero-order valence-electron chi connectivity index (χ0n) is 18.9. The van der Waals surface area contributed by atoms with Gasteiger partial charge in [-0.3, -0.25) is 0 Å². The van der Waals surface area contributed by atoms with Crippen LogP contribution in [0, 0.1) is 11.8 Å². The highest BCUT2D eigenvalue weighted by Gasteiger charge is 2.33. The first kappa shape index (κ1) is 24.0. The number of methoxy groups -OCH3 is 1. The molecule has 0 bridgehead atoms. The Balaban J connectivity index is 1.72. The molecule has 1 fully saturated rings. The number of hydrogen-bond donors (Lipinski definition) is 2. The maximum atomic E-state index is 9.73. The molecule has 0 amide bonds. The Morgan fingerprint density at radius 2 is 1.83 bits per heavy atom. The molecular weight excluding hydrogens is 362 g/mol. The fourth-order valence-corrected chi connectivity index (χ4v) is 3.89. The van der Waals surface area contributed by atoms with Crippen LogP contribution < -0.4 is 15.2 Å². The molecule has 0 radical (unpaired) electrons. The first-order valence-corrected chi connectivity index (χ1v) is 11.7. The smallest absolute Gasteiger partial charge is 0.161 e. The van der Waals surface area contributed by atoms with E-state index in [4.69, 9.17) is 15.2 Å². The summed E-state index contributed by atoms with van der Waals surface area (Å²) in [4.78, 5) is 0. The summed E-state index contributed by atoms with van der Waals surface area (Å²) in [5, 5.41) is 9.73. The van der Waals surface area contributed by atoms with E-state index in [0.717, 1.165) is 49.7 Å². The van der Waals surface area contributed by atoms with E-state index >= 15 is 0 Å². The van der Waals surface area contributed by atoms with E-state index in [1.54, 1.807) is 7.11 Å². The van der Waals surface area contributed by atoms with Gasteiger partial charge in [0, 0.05) is 5.54 Å². The third-order valence-electron chi connectivity index (χ3n) is 6.03. The summed E-state index contributed by atoms with van der Waals surface area (Å²) in [5.74, 6) is 3.13. The van der Waals surface area contributed by atoms with Crippen molar-refractivity contribution in [2.24, 2.45) is 17.6 Å². The van der Waals surface area contributed by atoms with E-state index in [1.165, 1.54) is 50.5 Å². The molecule has 4 nitrogen and oxygen atoms in total. The molecule has 0 aliphatic heterocycles. The molecule has 0 spiro atoms. The van der Waals surface area contributed by atoms with Crippen molar-refractivity contribution >= 4 is 0 Å². The summed E-state index contributed by atoms with van der Waals surface area (Å²) in [6.45, 7) is 5.37. The predicted octanol–water partition coefficient (Wildman–Crippen LogP) is 5.49. The molecule has 166 valence electrons. The highest BCUT2D eigenvalue weighted by atomic mass is 16.5. The van der Waals surface area contributed by atoms with Gasteiger partial charge in [0.15, 0.2) is 11.5 Å². The number of hydrogen-bond acceptors (Lipinski definition) is 4. The summed E-state index contributed by atoms with van der Waals surface area (Å²) in [6, 6.07) is 6.16. The summed E-state index contributed by atoms with van der Waals surface area (Å²) >= 11 is 0. The molecule has 0 heterocycles. The Morgan fingerprint density at radius 3 is 2.48 bits per heavy atom. The fraction of sp³-hybridized carbons (Fsp3) is 0.760. The summed E-state index contributed by atoms with van der Waals surface area (Å²) < 4.78 is 11.5. The average Bonchev–Trinajstić information content (AvgIpc) is 3.52. The lowest BCUT2D eigenvalue weighted by molar-refractivity contribution is 0.172. The standard InChI is InChI=1S/C25H43NO3/c1-20(2)9-7-5-4-6-8-16-29-23-13-12-21(17-24(23)28-3)14-15-25(26,19-27)18-22-10-11-22/h12-13,17,20,22,27H,4-11,14-16,18-19,26H2,1-3H3/t25-/m0/s1. The number of ether oxygens (including phenoxy) is 2. The molecule has 2 rings (SSSR count). The SMILES string of the molecule is COc1cc(CC[C@@](N)(CO)CC2CC2)ccc1OCCCCCCCC(C)C. The molecule has 0 unspecified atom stereocenters. The minimum Gasteiger partial charge on any atom is -0.493 e. The number of benzene rings is 1. The van der Waals surface area contributed by atoms with Gasteiger partial charge in [0.25, 0.3) is 0 Å². The van der Waals surface area contributed by atoms with Gasteiger partial charge in [0.1, 0.15) is 0 Å². The first-order chi connectivity index (χ1) is 14.0.